The van der Waals surface area contributed by atoms with Crippen LogP contribution >= 0.6 is 0 Å². The minimum Gasteiger partial charge on any atom is -0.384 e. The minimum atomic E-state index is -3.57. The van der Waals surface area contributed by atoms with Gasteiger partial charge in [0.25, 0.3) is 10.2 Å². The fourth-order valence-electron chi connectivity index (χ4n) is 0.894. The number of nitrogens with zero attached hydrogens (tertiary/aromatic N) is 1. The second-order valence-corrected chi connectivity index (χ2v) is 4.32. The number of anilines is 1. The normalized spacial score (nSPS) is 10.4. The van der Waals surface area contributed by atoms with E-state index in [9.17, 15) is 8.42 Å². The summed E-state index contributed by atoms with van der Waals surface area (Å²) in [4.78, 5) is 3.82. The van der Waals surface area contributed by atoms with Gasteiger partial charge in [0.1, 0.15) is 12.4 Å². The molecule has 1 rings (SSSR count). The van der Waals surface area contributed by atoms with Crippen LogP contribution in [0.4, 0.5) is 5.82 Å². The molecule has 6 nitrogen and oxygen atoms in total. The predicted octanol–water partition coefficient (Wildman–Crippen LogP) is -0.699. The quantitative estimate of drug-likeness (QED) is 0.610. The van der Waals surface area contributed by atoms with E-state index in [2.05, 4.69) is 26.3 Å². The summed E-state index contributed by atoms with van der Waals surface area (Å²) in [5.74, 6) is 5.26. The Hall–Kier alpha value is -1.62. The molecule has 1 aromatic heterocycles. The summed E-state index contributed by atoms with van der Waals surface area (Å²) in [6.45, 7) is -0.250. The minimum absolute atomic E-state index is 0.166. The summed E-state index contributed by atoms with van der Waals surface area (Å²) in [5.41, 5.74) is 0.567. The molecule has 0 amide bonds. The Bertz CT molecular complexity index is 516. The van der Waals surface area contributed by atoms with Crippen LogP contribution in [0, 0.1) is 11.8 Å². The van der Waals surface area contributed by atoms with Crippen molar-refractivity contribution < 1.29 is 13.5 Å². The molecular formula is C9H11N3O3S. The van der Waals surface area contributed by atoms with Crippen LogP contribution in [0.1, 0.15) is 5.56 Å². The fraction of sp³-hybridized carbons (Fsp3) is 0.222. The van der Waals surface area contributed by atoms with Crippen molar-refractivity contribution >= 4 is 16.0 Å². The molecule has 0 unspecified atom stereocenters. The third-order valence-corrected chi connectivity index (χ3v) is 2.59. The van der Waals surface area contributed by atoms with Crippen molar-refractivity contribution in [3.63, 3.8) is 0 Å². The lowest BCUT2D eigenvalue weighted by Crippen LogP contribution is -2.26. The Labute approximate surface area is 93.9 Å². The van der Waals surface area contributed by atoms with Crippen LogP contribution in [0.2, 0.25) is 0 Å². The predicted molar refractivity (Wildman–Crippen MR) is 59.8 cm³/mol. The van der Waals surface area contributed by atoms with E-state index in [1.165, 1.54) is 19.3 Å². The first-order valence-corrected chi connectivity index (χ1v) is 5.83. The van der Waals surface area contributed by atoms with Crippen molar-refractivity contribution in [2.75, 3.05) is 18.4 Å². The van der Waals surface area contributed by atoms with Gasteiger partial charge < -0.3 is 5.11 Å². The number of rotatable bonds is 3. The first kappa shape index (κ1) is 12.4. The highest BCUT2D eigenvalue weighted by molar-refractivity contribution is 7.90. The van der Waals surface area contributed by atoms with Gasteiger partial charge in [-0.15, -0.1) is 0 Å². The summed E-state index contributed by atoms with van der Waals surface area (Å²) in [6.07, 6.45) is 1.43. The molecule has 0 aliphatic heterocycles. The molecule has 16 heavy (non-hydrogen) atoms. The monoisotopic (exact) mass is 241 g/mol. The van der Waals surface area contributed by atoms with Gasteiger partial charge in [-0.3, -0.25) is 4.72 Å². The van der Waals surface area contributed by atoms with Gasteiger partial charge in [-0.25, -0.2) is 9.71 Å². The van der Waals surface area contributed by atoms with E-state index in [0.29, 0.717) is 5.56 Å². The molecule has 0 radical (unpaired) electrons. The zero-order valence-corrected chi connectivity index (χ0v) is 9.37. The van der Waals surface area contributed by atoms with Crippen molar-refractivity contribution in [3.05, 3.63) is 23.9 Å². The SMILES string of the molecule is CNS(=O)(=O)Nc1cc(C#CCO)ccn1. The summed E-state index contributed by atoms with van der Waals surface area (Å²) in [7, 11) is -2.28. The smallest absolute Gasteiger partial charge is 0.300 e. The lowest BCUT2D eigenvalue weighted by atomic mass is 10.2. The Morgan fingerprint density at radius 2 is 2.31 bits per heavy atom. The summed E-state index contributed by atoms with van der Waals surface area (Å²) in [6, 6.07) is 3.08. The van der Waals surface area contributed by atoms with Crippen LogP contribution in [0.25, 0.3) is 0 Å². The van der Waals surface area contributed by atoms with Crippen molar-refractivity contribution in [1.82, 2.24) is 9.71 Å². The van der Waals surface area contributed by atoms with Gasteiger partial charge in [0.05, 0.1) is 0 Å². The van der Waals surface area contributed by atoms with E-state index in [4.69, 9.17) is 5.11 Å². The second-order valence-electron chi connectivity index (χ2n) is 2.70. The van der Waals surface area contributed by atoms with Crippen molar-refractivity contribution in [2.24, 2.45) is 0 Å². The molecule has 1 heterocycles. The largest absolute Gasteiger partial charge is 0.384 e. The van der Waals surface area contributed by atoms with Gasteiger partial charge in [0.15, 0.2) is 0 Å². The maximum absolute atomic E-state index is 11.2. The van der Waals surface area contributed by atoms with Crippen LogP contribution in [-0.4, -0.2) is 32.2 Å². The summed E-state index contributed by atoms with van der Waals surface area (Å²) < 4.78 is 26.6. The third kappa shape index (κ3) is 3.86. The summed E-state index contributed by atoms with van der Waals surface area (Å²) in [5, 5.41) is 8.51. The number of hydrogen-bond donors (Lipinski definition) is 3. The average Bonchev–Trinajstić information content (AvgIpc) is 2.26. The zero-order valence-electron chi connectivity index (χ0n) is 8.56. The Morgan fingerprint density at radius 1 is 1.56 bits per heavy atom. The average molecular weight is 241 g/mol. The number of pyridine rings is 1. The standard InChI is InChI=1S/C9H11N3O3S/c1-10-16(14,15)12-9-7-8(3-2-6-13)4-5-11-9/h4-5,7,10,13H,6H2,1H3,(H,11,12). The van der Waals surface area contributed by atoms with Gasteiger partial charge in [-0.05, 0) is 12.1 Å². The molecule has 0 aromatic carbocycles. The molecule has 7 heteroatoms. The number of nitrogens with one attached hydrogen (secondary N) is 2. The lowest BCUT2D eigenvalue weighted by Gasteiger charge is -2.04. The highest BCUT2D eigenvalue weighted by Gasteiger charge is 2.06. The van der Waals surface area contributed by atoms with Crippen LogP contribution in [0.3, 0.4) is 0 Å². The van der Waals surface area contributed by atoms with Gasteiger partial charge in [0.2, 0.25) is 0 Å². The molecule has 0 fully saturated rings. The van der Waals surface area contributed by atoms with E-state index in [0.717, 1.165) is 0 Å². The molecule has 0 atom stereocenters. The molecular weight excluding hydrogens is 230 g/mol. The summed E-state index contributed by atoms with van der Waals surface area (Å²) >= 11 is 0. The van der Waals surface area contributed by atoms with E-state index in [1.54, 1.807) is 6.07 Å². The van der Waals surface area contributed by atoms with Gasteiger partial charge in [0, 0.05) is 18.8 Å². The van der Waals surface area contributed by atoms with E-state index in [1.807, 2.05) is 0 Å². The molecule has 1 aromatic rings. The maximum atomic E-state index is 11.2. The molecule has 0 aliphatic rings. The van der Waals surface area contributed by atoms with Gasteiger partial charge >= 0.3 is 0 Å². The Kier molecular flexibility index (Phi) is 4.25. The Balaban J connectivity index is 2.91. The number of aliphatic hydroxyl groups is 1. The molecule has 0 aliphatic carbocycles. The maximum Gasteiger partial charge on any atom is 0.300 e. The van der Waals surface area contributed by atoms with Crippen molar-refractivity contribution in [3.8, 4) is 11.8 Å². The Morgan fingerprint density at radius 3 is 2.94 bits per heavy atom. The third-order valence-electron chi connectivity index (χ3n) is 1.58. The van der Waals surface area contributed by atoms with E-state index in [-0.39, 0.29) is 12.4 Å². The van der Waals surface area contributed by atoms with Crippen molar-refractivity contribution in [1.29, 1.82) is 0 Å². The van der Waals surface area contributed by atoms with Gasteiger partial charge in [-0.2, -0.15) is 8.42 Å². The molecule has 0 spiro atoms. The number of hydrogen-bond acceptors (Lipinski definition) is 4. The zero-order chi connectivity index (χ0) is 12.0. The van der Waals surface area contributed by atoms with E-state index >= 15 is 0 Å². The highest BCUT2D eigenvalue weighted by Crippen LogP contribution is 2.06. The van der Waals surface area contributed by atoms with Crippen LogP contribution in [-0.2, 0) is 10.2 Å². The van der Waals surface area contributed by atoms with E-state index < -0.39 is 10.2 Å². The van der Waals surface area contributed by atoms with Crippen molar-refractivity contribution in [2.45, 2.75) is 0 Å². The lowest BCUT2D eigenvalue weighted by molar-refractivity contribution is 0.350. The van der Waals surface area contributed by atoms with Crippen LogP contribution in [0.15, 0.2) is 18.3 Å². The molecule has 0 saturated carbocycles. The number of aliphatic hydroxyl groups excluding tert-OH is 1. The highest BCUT2D eigenvalue weighted by atomic mass is 32.2. The fourth-order valence-corrected chi connectivity index (χ4v) is 1.38. The molecule has 3 N–H and O–H groups in total. The molecule has 0 bridgehead atoms. The number of aromatic nitrogens is 1. The first-order chi connectivity index (χ1) is 7.57. The second kappa shape index (κ2) is 5.46. The van der Waals surface area contributed by atoms with Crippen LogP contribution < -0.4 is 9.44 Å². The van der Waals surface area contributed by atoms with Crippen LogP contribution in [0.5, 0.6) is 0 Å². The first-order valence-electron chi connectivity index (χ1n) is 4.34. The topological polar surface area (TPSA) is 91.3 Å². The van der Waals surface area contributed by atoms with Gasteiger partial charge in [-0.1, -0.05) is 11.8 Å². The molecule has 86 valence electrons. The molecule has 0 saturated heterocycles.